The Morgan fingerprint density at radius 3 is 1.83 bits per heavy atom. The first-order valence-corrected chi connectivity index (χ1v) is 16.8. The highest BCUT2D eigenvalue weighted by Crippen LogP contribution is 2.39. The molecule has 0 bridgehead atoms. The molecule has 3 saturated heterocycles. The third-order valence-electron chi connectivity index (χ3n) is 9.11. The SMILES string of the molecule is CCC1C(CO)OC(COCC2C(CO)OC(COCC3C(COP(OC)OO)OC(C)C(O)C3O)C(O)C2O)C(NC(C)=O)C1O. The van der Waals surface area contributed by atoms with Crippen molar-refractivity contribution in [2.75, 3.05) is 53.4 Å². The summed E-state index contributed by atoms with van der Waals surface area (Å²) in [6.07, 6.45) is -11.0. The Bertz CT molecular complexity index is 920. The molecule has 1 amide bonds. The van der Waals surface area contributed by atoms with Crippen LogP contribution in [0.1, 0.15) is 27.2 Å². The number of hydrogen-bond donors (Lipinski definition) is 9. The third-order valence-corrected chi connectivity index (χ3v) is 9.90. The number of hydrogen-bond acceptors (Lipinski definition) is 17. The minimum absolute atomic E-state index is 0.142. The van der Waals surface area contributed by atoms with Crippen LogP contribution in [-0.2, 0) is 42.2 Å². The topological polar surface area (TPSA) is 265 Å². The van der Waals surface area contributed by atoms with Crippen LogP contribution in [0.2, 0.25) is 0 Å². The van der Waals surface area contributed by atoms with Crippen molar-refractivity contribution in [2.24, 2.45) is 17.8 Å². The lowest BCUT2D eigenvalue weighted by Gasteiger charge is -2.45. The standard InChI is InChI=1S/C28H52NO17P/c1-5-15-18(6-30)44-21(23(25(15)34)29-14(3)32)10-40-8-16-19(7-31)45-22(28(37)27(16)36)11-41-9-17-20(12-42-47(39-4)46-38)43-13(2)24(33)26(17)35/h13,15-28,30-31,33-38H,5-12H2,1-4H3,(H,29,32). The molecule has 0 aromatic carbocycles. The Balaban J connectivity index is 1.57. The number of carbonyl (C=O) groups excluding carboxylic acids is 1. The summed E-state index contributed by atoms with van der Waals surface area (Å²) in [5, 5.41) is 85.2. The normalized spacial score (nSPS) is 41.8. The number of nitrogens with one attached hydrogen (secondary N) is 1. The van der Waals surface area contributed by atoms with Gasteiger partial charge in [0.05, 0.1) is 95.0 Å². The van der Waals surface area contributed by atoms with E-state index < -0.39 is 106 Å². The number of ether oxygens (including phenoxy) is 5. The smallest absolute Gasteiger partial charge is 0.362 e. The van der Waals surface area contributed by atoms with Crippen LogP contribution >= 0.6 is 8.60 Å². The zero-order valence-electron chi connectivity index (χ0n) is 27.0. The molecule has 0 aromatic rings. The first-order chi connectivity index (χ1) is 22.4. The summed E-state index contributed by atoms with van der Waals surface area (Å²) >= 11 is 0. The van der Waals surface area contributed by atoms with E-state index in [0.717, 1.165) is 0 Å². The Kier molecular flexibility index (Phi) is 17.0. The first-order valence-electron chi connectivity index (χ1n) is 15.7. The molecule has 18 nitrogen and oxygen atoms in total. The Morgan fingerprint density at radius 2 is 1.28 bits per heavy atom. The van der Waals surface area contributed by atoms with Crippen LogP contribution in [-0.4, -0.2) is 173 Å². The van der Waals surface area contributed by atoms with Gasteiger partial charge in [-0.1, -0.05) is 6.92 Å². The van der Waals surface area contributed by atoms with E-state index in [-0.39, 0.29) is 45.5 Å². The zero-order valence-corrected chi connectivity index (χ0v) is 27.9. The number of amides is 1. The first kappa shape index (κ1) is 40.7. The van der Waals surface area contributed by atoms with Crippen molar-refractivity contribution in [2.45, 2.75) is 100 Å². The minimum Gasteiger partial charge on any atom is -0.394 e. The second-order valence-corrected chi connectivity index (χ2v) is 13.3. The lowest BCUT2D eigenvalue weighted by molar-refractivity contribution is -0.241. The molecule has 0 aliphatic carbocycles. The Morgan fingerprint density at radius 1 is 0.723 bits per heavy atom. The fourth-order valence-corrected chi connectivity index (χ4v) is 6.93. The number of carbonyl (C=O) groups is 1. The molecule has 0 aromatic heterocycles. The largest absolute Gasteiger partial charge is 0.394 e. The molecule has 0 radical (unpaired) electrons. The average molecular weight is 706 g/mol. The molecule has 3 aliphatic rings. The molecule has 9 N–H and O–H groups in total. The molecule has 3 rings (SSSR count). The van der Waals surface area contributed by atoms with Gasteiger partial charge in [-0.15, -0.1) is 0 Å². The van der Waals surface area contributed by atoms with Crippen molar-refractivity contribution in [1.82, 2.24) is 5.32 Å². The van der Waals surface area contributed by atoms with E-state index in [1.54, 1.807) is 6.92 Å². The molecule has 3 heterocycles. The second kappa shape index (κ2) is 19.6. The predicted octanol–water partition coefficient (Wildman–Crippen LogP) is -2.73. The lowest BCUT2D eigenvalue weighted by atomic mass is 9.83. The summed E-state index contributed by atoms with van der Waals surface area (Å²) in [6.45, 7) is 2.90. The van der Waals surface area contributed by atoms with E-state index in [4.69, 9.17) is 38.0 Å². The summed E-state index contributed by atoms with van der Waals surface area (Å²) in [6, 6.07) is -0.817. The molecule has 0 saturated carbocycles. The highest BCUT2D eigenvalue weighted by Gasteiger charge is 2.48. The van der Waals surface area contributed by atoms with Crippen LogP contribution in [0.4, 0.5) is 0 Å². The van der Waals surface area contributed by atoms with Gasteiger partial charge in [0.1, 0.15) is 24.4 Å². The van der Waals surface area contributed by atoms with Gasteiger partial charge >= 0.3 is 8.60 Å². The van der Waals surface area contributed by atoms with Gasteiger partial charge < -0.3 is 73.8 Å². The minimum atomic E-state index is -2.08. The zero-order chi connectivity index (χ0) is 34.8. The Labute approximate surface area is 274 Å². The molecular formula is C28H52NO17P. The van der Waals surface area contributed by atoms with E-state index in [2.05, 4.69) is 9.99 Å². The van der Waals surface area contributed by atoms with Crippen molar-refractivity contribution in [1.29, 1.82) is 0 Å². The summed E-state index contributed by atoms with van der Waals surface area (Å²) in [5.41, 5.74) is 0. The highest BCUT2D eigenvalue weighted by molar-refractivity contribution is 7.41. The van der Waals surface area contributed by atoms with Gasteiger partial charge in [-0.2, -0.15) is 4.67 Å². The van der Waals surface area contributed by atoms with Crippen LogP contribution in [0, 0.1) is 17.8 Å². The van der Waals surface area contributed by atoms with Gasteiger partial charge in [0, 0.05) is 31.8 Å². The molecule has 19 heteroatoms. The van der Waals surface area contributed by atoms with Crippen LogP contribution < -0.4 is 5.32 Å². The summed E-state index contributed by atoms with van der Waals surface area (Å²) in [4.78, 5) is 11.8. The van der Waals surface area contributed by atoms with Gasteiger partial charge in [-0.3, -0.25) is 4.79 Å². The fourth-order valence-electron chi connectivity index (χ4n) is 6.44. The highest BCUT2D eigenvalue weighted by atomic mass is 31.2. The summed E-state index contributed by atoms with van der Waals surface area (Å²) in [7, 11) is -0.812. The van der Waals surface area contributed by atoms with E-state index >= 15 is 0 Å². The van der Waals surface area contributed by atoms with Crippen molar-refractivity contribution >= 4 is 14.5 Å². The molecule has 16 unspecified atom stereocenters. The van der Waals surface area contributed by atoms with Crippen LogP contribution in [0.5, 0.6) is 0 Å². The average Bonchev–Trinajstić information content (AvgIpc) is 3.05. The van der Waals surface area contributed by atoms with E-state index in [0.29, 0.717) is 6.42 Å². The van der Waals surface area contributed by atoms with Crippen molar-refractivity contribution in [3.63, 3.8) is 0 Å². The van der Waals surface area contributed by atoms with Gasteiger partial charge in [-0.05, 0) is 13.3 Å². The van der Waals surface area contributed by atoms with E-state index in [1.165, 1.54) is 14.0 Å². The molecule has 3 fully saturated rings. The summed E-state index contributed by atoms with van der Waals surface area (Å²) < 4.78 is 43.4. The molecule has 0 spiro atoms. The maximum atomic E-state index is 11.8. The fraction of sp³-hybridized carbons (Fsp3) is 0.964. The number of aliphatic hydroxyl groups excluding tert-OH is 7. The molecule has 276 valence electrons. The van der Waals surface area contributed by atoms with Crippen molar-refractivity contribution < 1.29 is 83.2 Å². The van der Waals surface area contributed by atoms with Gasteiger partial charge in [0.15, 0.2) is 0 Å². The van der Waals surface area contributed by atoms with E-state index in [9.17, 15) is 40.5 Å². The summed E-state index contributed by atoms with van der Waals surface area (Å²) in [5.74, 6) is -2.49. The predicted molar refractivity (Wildman–Crippen MR) is 159 cm³/mol. The van der Waals surface area contributed by atoms with Crippen LogP contribution in [0.15, 0.2) is 0 Å². The maximum absolute atomic E-state index is 11.8. The molecule has 47 heavy (non-hydrogen) atoms. The van der Waals surface area contributed by atoms with Crippen LogP contribution in [0.25, 0.3) is 0 Å². The van der Waals surface area contributed by atoms with Crippen LogP contribution in [0.3, 0.4) is 0 Å². The van der Waals surface area contributed by atoms with Crippen molar-refractivity contribution in [3.8, 4) is 0 Å². The Hall–Kier alpha value is -0.740. The lowest BCUT2D eigenvalue weighted by Crippen LogP contribution is -2.63. The second-order valence-electron chi connectivity index (χ2n) is 12.1. The van der Waals surface area contributed by atoms with Gasteiger partial charge in [-0.25, -0.2) is 5.26 Å². The monoisotopic (exact) mass is 705 g/mol. The maximum Gasteiger partial charge on any atom is 0.362 e. The van der Waals surface area contributed by atoms with Gasteiger partial charge in [0.2, 0.25) is 5.91 Å². The molecule has 16 atom stereocenters. The molecular weight excluding hydrogens is 653 g/mol. The quantitative estimate of drug-likeness (QED) is 0.0423. The van der Waals surface area contributed by atoms with Gasteiger partial charge in [0.25, 0.3) is 0 Å². The number of aliphatic hydroxyl groups is 7. The number of rotatable bonds is 17. The third kappa shape index (κ3) is 10.4. The van der Waals surface area contributed by atoms with Crippen molar-refractivity contribution in [3.05, 3.63) is 0 Å². The molecule has 3 aliphatic heterocycles. The van der Waals surface area contributed by atoms with E-state index in [1.807, 2.05) is 6.92 Å².